The Hall–Kier alpha value is -1.03. The quantitative estimate of drug-likeness (QED) is 0.0634. The summed E-state index contributed by atoms with van der Waals surface area (Å²) in [5.74, 6) is -0.158. The lowest BCUT2D eigenvalue weighted by Crippen LogP contribution is -2.33. The highest BCUT2D eigenvalue weighted by atomic mass is 16.6. The molecule has 0 bridgehead atoms. The van der Waals surface area contributed by atoms with Crippen LogP contribution in [0.3, 0.4) is 0 Å². The predicted octanol–water partition coefficient (Wildman–Crippen LogP) is 6.83. The molecule has 0 spiro atoms. The molecule has 0 aromatic carbocycles. The average molecular weight is 639 g/mol. The van der Waals surface area contributed by atoms with Crippen molar-refractivity contribution >= 4 is 5.97 Å². The van der Waals surface area contributed by atoms with Crippen molar-refractivity contribution in [3.8, 4) is 0 Å². The van der Waals surface area contributed by atoms with E-state index in [1.807, 2.05) is 13.0 Å². The molecular formula is C37H66O8. The second-order valence-corrected chi connectivity index (χ2v) is 14.2. The van der Waals surface area contributed by atoms with Gasteiger partial charge in [-0.2, -0.15) is 0 Å². The number of hydrogen-bond acceptors (Lipinski definition) is 8. The van der Waals surface area contributed by atoms with Crippen LogP contribution < -0.4 is 0 Å². The summed E-state index contributed by atoms with van der Waals surface area (Å²) < 4.78 is 17.6. The Labute approximate surface area is 273 Å². The predicted molar refractivity (Wildman–Crippen MR) is 177 cm³/mol. The van der Waals surface area contributed by atoms with Gasteiger partial charge in [0.15, 0.2) is 0 Å². The monoisotopic (exact) mass is 638 g/mol. The van der Waals surface area contributed by atoms with Crippen LogP contribution in [0.2, 0.25) is 0 Å². The maximum atomic E-state index is 11.6. The third kappa shape index (κ3) is 14.7. The van der Waals surface area contributed by atoms with Crippen LogP contribution in [0, 0.1) is 0 Å². The molecular weight excluding hydrogens is 572 g/mol. The Morgan fingerprint density at radius 2 is 1.11 bits per heavy atom. The summed E-state index contributed by atoms with van der Waals surface area (Å²) >= 11 is 0. The van der Waals surface area contributed by atoms with E-state index in [1.54, 1.807) is 0 Å². The molecule has 9 unspecified atom stereocenters. The van der Waals surface area contributed by atoms with Gasteiger partial charge in [0.25, 0.3) is 0 Å². The number of unbranched alkanes of at least 4 members (excludes halogenated alkanes) is 8. The van der Waals surface area contributed by atoms with Crippen molar-refractivity contribution in [1.29, 1.82) is 0 Å². The molecule has 4 N–H and O–H groups in total. The van der Waals surface area contributed by atoms with Gasteiger partial charge < -0.3 is 34.6 Å². The highest BCUT2D eigenvalue weighted by Gasteiger charge is 2.40. The molecule has 0 radical (unpaired) electrons. The van der Waals surface area contributed by atoms with Crippen LogP contribution in [0.25, 0.3) is 0 Å². The fourth-order valence-electron chi connectivity index (χ4n) is 7.30. The topological polar surface area (TPSA) is 126 Å². The Morgan fingerprint density at radius 1 is 0.644 bits per heavy atom. The fourth-order valence-corrected chi connectivity index (χ4v) is 7.30. The fraction of sp³-hybridized carbons (Fsp3) is 0.919. The van der Waals surface area contributed by atoms with Crippen molar-refractivity contribution in [2.24, 2.45) is 0 Å². The summed E-state index contributed by atoms with van der Waals surface area (Å²) in [5.41, 5.74) is 0.822. The maximum absolute atomic E-state index is 11.6. The molecule has 0 amide bonds. The van der Waals surface area contributed by atoms with Crippen LogP contribution >= 0.6 is 0 Å². The molecule has 3 rings (SSSR count). The molecule has 9 atom stereocenters. The summed E-state index contributed by atoms with van der Waals surface area (Å²) in [4.78, 5) is 11.6. The highest BCUT2D eigenvalue weighted by Crippen LogP contribution is 2.34. The van der Waals surface area contributed by atoms with E-state index in [4.69, 9.17) is 14.2 Å². The first-order chi connectivity index (χ1) is 21.8. The summed E-state index contributed by atoms with van der Waals surface area (Å²) in [6.45, 7) is 4.08. The van der Waals surface area contributed by atoms with Gasteiger partial charge in [0, 0.05) is 5.57 Å². The highest BCUT2D eigenvalue weighted by molar-refractivity contribution is 5.90. The average Bonchev–Trinajstić information content (AvgIpc) is 3.77. The van der Waals surface area contributed by atoms with Crippen LogP contribution in [0.4, 0.5) is 0 Å². The molecule has 8 heteroatoms. The minimum Gasteiger partial charge on any atom is -0.455 e. The van der Waals surface area contributed by atoms with E-state index in [-0.39, 0.29) is 48.7 Å². The van der Waals surface area contributed by atoms with Crippen LogP contribution in [0.1, 0.15) is 162 Å². The Kier molecular flexibility index (Phi) is 18.6. The normalized spacial score (nSPS) is 27.8. The largest absolute Gasteiger partial charge is 0.455 e. The molecule has 0 saturated carbocycles. The molecule has 8 nitrogen and oxygen atoms in total. The lowest BCUT2D eigenvalue weighted by Gasteiger charge is -2.24. The number of aliphatic hydroxyl groups excluding tert-OH is 4. The third-order valence-electron chi connectivity index (χ3n) is 10.1. The first-order valence-corrected chi connectivity index (χ1v) is 18.7. The zero-order valence-corrected chi connectivity index (χ0v) is 28.5. The van der Waals surface area contributed by atoms with E-state index >= 15 is 0 Å². The third-order valence-corrected chi connectivity index (χ3v) is 10.1. The van der Waals surface area contributed by atoms with Crippen molar-refractivity contribution in [3.05, 3.63) is 11.6 Å². The molecule has 0 aromatic heterocycles. The van der Waals surface area contributed by atoms with Crippen LogP contribution in [0.5, 0.6) is 0 Å². The summed E-state index contributed by atoms with van der Waals surface area (Å²) in [5, 5.41) is 42.0. The standard InChI is InChI=1S/C37H66O8/c1-3-4-5-10-16-30(39)19-14-21-32(41)34-23-25-36(45-34)35-24-22-33(44-35)31(40)20-13-12-18-29(38)17-11-8-6-7-9-15-28-26-27(2)43-37(28)42/h26-27,29-36,38-41H,3-25H2,1-2H3. The number of esters is 1. The van der Waals surface area contributed by atoms with Gasteiger partial charge in [0.1, 0.15) is 6.10 Å². The van der Waals surface area contributed by atoms with E-state index < -0.39 is 12.2 Å². The number of hydrogen-bond donors (Lipinski definition) is 4. The van der Waals surface area contributed by atoms with Gasteiger partial charge in [0.05, 0.1) is 48.8 Å². The second-order valence-electron chi connectivity index (χ2n) is 14.2. The molecule has 0 aromatic rings. The van der Waals surface area contributed by atoms with Crippen molar-refractivity contribution in [1.82, 2.24) is 0 Å². The zero-order chi connectivity index (χ0) is 32.4. The Bertz CT molecular complexity index is 833. The van der Waals surface area contributed by atoms with E-state index in [0.29, 0.717) is 12.8 Å². The number of cyclic esters (lactones) is 1. The Balaban J connectivity index is 1.16. The molecule has 3 heterocycles. The van der Waals surface area contributed by atoms with Gasteiger partial charge in [-0.05, 0) is 96.5 Å². The smallest absolute Gasteiger partial charge is 0.334 e. The molecule has 2 saturated heterocycles. The maximum Gasteiger partial charge on any atom is 0.334 e. The molecule has 45 heavy (non-hydrogen) atoms. The minimum atomic E-state index is -0.502. The van der Waals surface area contributed by atoms with E-state index in [9.17, 15) is 25.2 Å². The van der Waals surface area contributed by atoms with Gasteiger partial charge in [-0.1, -0.05) is 71.1 Å². The molecule has 0 aliphatic carbocycles. The first kappa shape index (κ1) is 38.4. The van der Waals surface area contributed by atoms with Crippen LogP contribution in [-0.2, 0) is 19.0 Å². The van der Waals surface area contributed by atoms with Crippen LogP contribution in [-0.4, -0.2) is 81.3 Å². The first-order valence-electron chi connectivity index (χ1n) is 18.7. The number of ether oxygens (including phenoxy) is 3. The van der Waals surface area contributed by atoms with Crippen LogP contribution in [0.15, 0.2) is 11.6 Å². The number of rotatable bonds is 25. The van der Waals surface area contributed by atoms with Crippen molar-refractivity contribution < 1.29 is 39.4 Å². The Morgan fingerprint density at radius 3 is 1.67 bits per heavy atom. The van der Waals surface area contributed by atoms with Gasteiger partial charge in [-0.25, -0.2) is 4.79 Å². The summed E-state index contributed by atoms with van der Waals surface area (Å²) in [6, 6.07) is 0. The zero-order valence-electron chi connectivity index (χ0n) is 28.5. The van der Waals surface area contributed by atoms with E-state index in [2.05, 4.69) is 6.92 Å². The molecule has 3 aliphatic rings. The summed E-state index contributed by atoms with van der Waals surface area (Å²) in [7, 11) is 0. The van der Waals surface area contributed by atoms with Crippen molar-refractivity contribution in [2.45, 2.75) is 216 Å². The van der Waals surface area contributed by atoms with Gasteiger partial charge in [-0.15, -0.1) is 0 Å². The number of aliphatic hydroxyl groups is 4. The minimum absolute atomic E-state index is 0.0198. The second kappa shape index (κ2) is 21.8. The summed E-state index contributed by atoms with van der Waals surface area (Å²) in [6.07, 6.45) is 21.3. The molecule has 2 fully saturated rings. The van der Waals surface area contributed by atoms with Crippen molar-refractivity contribution in [3.63, 3.8) is 0 Å². The van der Waals surface area contributed by atoms with Gasteiger partial charge in [-0.3, -0.25) is 0 Å². The number of carbonyl (C=O) groups is 1. The van der Waals surface area contributed by atoms with E-state index in [0.717, 1.165) is 121 Å². The number of carbonyl (C=O) groups excluding carboxylic acids is 1. The lowest BCUT2D eigenvalue weighted by atomic mass is 9.99. The molecule has 3 aliphatic heterocycles. The van der Waals surface area contributed by atoms with E-state index in [1.165, 1.54) is 19.3 Å². The SMILES string of the molecule is CCCCCCC(O)CCCC(O)C1CCC(C2CCC(C(O)CCCCC(O)CCCCCCCC3=CC(C)OC3=O)O2)O1. The molecule has 262 valence electrons. The van der Waals surface area contributed by atoms with Gasteiger partial charge >= 0.3 is 5.97 Å². The van der Waals surface area contributed by atoms with Gasteiger partial charge in [0.2, 0.25) is 0 Å². The lowest BCUT2D eigenvalue weighted by molar-refractivity contribution is -0.139. The van der Waals surface area contributed by atoms with Crippen molar-refractivity contribution in [2.75, 3.05) is 0 Å².